The Balaban J connectivity index is 1.40. The van der Waals surface area contributed by atoms with Crippen molar-refractivity contribution in [2.75, 3.05) is 26.3 Å². The molecule has 7 nitrogen and oxygen atoms in total. The zero-order chi connectivity index (χ0) is 22.6. The number of hydrogen-bond acceptors (Lipinski definition) is 5. The fraction of sp³-hybridized carbons (Fsp3) is 0.231. The molecule has 1 aliphatic heterocycles. The largest absolute Gasteiger partial charge is 0.489 e. The molecule has 0 saturated carbocycles. The Morgan fingerprint density at radius 3 is 2.58 bits per heavy atom. The second-order valence-corrected chi connectivity index (χ2v) is 8.12. The zero-order valence-corrected chi connectivity index (χ0v) is 18.3. The molecular formula is C26H26N4O3. The van der Waals surface area contributed by atoms with Crippen LogP contribution in [0.2, 0.25) is 0 Å². The number of ether oxygens (including phenoxy) is 2. The lowest BCUT2D eigenvalue weighted by Crippen LogP contribution is -2.35. The third-order valence-electron chi connectivity index (χ3n) is 5.83. The molecule has 1 fully saturated rings. The quantitative estimate of drug-likeness (QED) is 0.473. The van der Waals surface area contributed by atoms with E-state index in [0.29, 0.717) is 12.3 Å². The number of aromatic nitrogens is 2. The lowest BCUT2D eigenvalue weighted by Gasteiger charge is -2.26. The van der Waals surface area contributed by atoms with Gasteiger partial charge in [0.25, 0.3) is 5.91 Å². The number of rotatable bonds is 7. The third kappa shape index (κ3) is 4.74. The van der Waals surface area contributed by atoms with Gasteiger partial charge in [-0.05, 0) is 42.0 Å². The molecular weight excluding hydrogens is 416 g/mol. The molecule has 5 rings (SSSR count). The molecule has 0 radical (unpaired) electrons. The van der Waals surface area contributed by atoms with Crippen LogP contribution in [0.25, 0.3) is 16.6 Å². The number of carbonyl (C=O) groups is 1. The molecule has 2 aromatic carbocycles. The summed E-state index contributed by atoms with van der Waals surface area (Å²) in [6, 6.07) is 21.6. The number of fused-ring (bicyclic) bond motifs is 1. The van der Waals surface area contributed by atoms with E-state index < -0.39 is 5.91 Å². The van der Waals surface area contributed by atoms with E-state index >= 15 is 0 Å². The first kappa shape index (κ1) is 21.2. The van der Waals surface area contributed by atoms with Crippen molar-refractivity contribution in [3.63, 3.8) is 0 Å². The first-order chi connectivity index (χ1) is 16.2. The van der Waals surface area contributed by atoms with Gasteiger partial charge in [0.1, 0.15) is 18.1 Å². The van der Waals surface area contributed by atoms with Crippen LogP contribution in [0.1, 0.15) is 21.7 Å². The van der Waals surface area contributed by atoms with Crippen molar-refractivity contribution in [3.8, 4) is 11.4 Å². The fourth-order valence-corrected chi connectivity index (χ4v) is 4.11. The summed E-state index contributed by atoms with van der Waals surface area (Å²) in [6.07, 6.45) is 1.79. The second kappa shape index (κ2) is 9.44. The zero-order valence-electron chi connectivity index (χ0n) is 18.3. The Morgan fingerprint density at radius 2 is 1.85 bits per heavy atom. The van der Waals surface area contributed by atoms with Gasteiger partial charge in [-0.15, -0.1) is 0 Å². The molecule has 0 aliphatic carbocycles. The molecule has 0 atom stereocenters. The van der Waals surface area contributed by atoms with Gasteiger partial charge in [-0.25, -0.2) is 0 Å². The van der Waals surface area contributed by atoms with E-state index in [2.05, 4.69) is 9.88 Å². The molecule has 1 aliphatic rings. The third-order valence-corrected chi connectivity index (χ3v) is 5.83. The summed E-state index contributed by atoms with van der Waals surface area (Å²) in [5.74, 6) is 0.244. The van der Waals surface area contributed by atoms with Crippen molar-refractivity contribution in [3.05, 3.63) is 89.9 Å². The molecule has 33 heavy (non-hydrogen) atoms. The van der Waals surface area contributed by atoms with Crippen LogP contribution < -0.4 is 10.5 Å². The summed E-state index contributed by atoms with van der Waals surface area (Å²) < 4.78 is 13.2. The van der Waals surface area contributed by atoms with Crippen LogP contribution >= 0.6 is 0 Å². The minimum absolute atomic E-state index is 0.410. The maximum Gasteiger partial charge on any atom is 0.265 e. The summed E-state index contributed by atoms with van der Waals surface area (Å²) in [7, 11) is 0. The smallest absolute Gasteiger partial charge is 0.265 e. The number of carbonyl (C=O) groups excluding carboxylic acids is 1. The van der Waals surface area contributed by atoms with Crippen LogP contribution in [0.15, 0.2) is 72.9 Å². The van der Waals surface area contributed by atoms with Gasteiger partial charge in [-0.3, -0.25) is 14.7 Å². The number of primary amides is 1. The number of hydrogen-bond donors (Lipinski definition) is 1. The van der Waals surface area contributed by atoms with Crippen molar-refractivity contribution in [2.24, 2.45) is 5.73 Å². The molecule has 3 heterocycles. The van der Waals surface area contributed by atoms with Gasteiger partial charge in [0.2, 0.25) is 0 Å². The molecule has 0 spiro atoms. The average molecular weight is 443 g/mol. The molecule has 1 saturated heterocycles. The summed E-state index contributed by atoms with van der Waals surface area (Å²) in [5.41, 5.74) is 9.86. The Hall–Kier alpha value is -3.68. The minimum Gasteiger partial charge on any atom is -0.489 e. The number of pyridine rings is 1. The van der Waals surface area contributed by atoms with E-state index in [1.807, 2.05) is 65.2 Å². The monoisotopic (exact) mass is 442 g/mol. The van der Waals surface area contributed by atoms with Gasteiger partial charge in [0.15, 0.2) is 0 Å². The molecule has 2 aromatic heterocycles. The average Bonchev–Trinajstić information content (AvgIpc) is 3.24. The lowest BCUT2D eigenvalue weighted by molar-refractivity contribution is 0.0336. The normalized spacial score (nSPS) is 14.4. The highest BCUT2D eigenvalue weighted by Crippen LogP contribution is 2.28. The predicted molar refractivity (Wildman–Crippen MR) is 126 cm³/mol. The Bertz CT molecular complexity index is 1250. The van der Waals surface area contributed by atoms with E-state index in [9.17, 15) is 4.79 Å². The van der Waals surface area contributed by atoms with Crippen LogP contribution in [0.3, 0.4) is 0 Å². The fourth-order valence-electron chi connectivity index (χ4n) is 4.11. The van der Waals surface area contributed by atoms with E-state index in [4.69, 9.17) is 15.2 Å². The Labute approximate surface area is 192 Å². The van der Waals surface area contributed by atoms with Crippen LogP contribution in [0.5, 0.6) is 5.75 Å². The van der Waals surface area contributed by atoms with E-state index in [-0.39, 0.29) is 0 Å². The summed E-state index contributed by atoms with van der Waals surface area (Å²) >= 11 is 0. The number of nitrogens with two attached hydrogens (primary N) is 1. The van der Waals surface area contributed by atoms with E-state index in [1.54, 1.807) is 12.3 Å². The van der Waals surface area contributed by atoms with Crippen molar-refractivity contribution in [1.29, 1.82) is 0 Å². The van der Waals surface area contributed by atoms with Gasteiger partial charge in [-0.2, -0.15) is 0 Å². The number of amides is 1. The molecule has 1 amide bonds. The maximum atomic E-state index is 12.2. The topological polar surface area (TPSA) is 82.6 Å². The molecule has 0 bridgehead atoms. The predicted octanol–water partition coefficient (Wildman–Crippen LogP) is 3.54. The highest BCUT2D eigenvalue weighted by molar-refractivity contribution is 5.99. The van der Waals surface area contributed by atoms with Gasteiger partial charge in [-0.1, -0.05) is 30.3 Å². The number of morpholine rings is 1. The SMILES string of the molecule is NC(=O)c1cc2cc(OCc3ccccc3)ccc2n1-c1ccc(CN2CCOCC2)nc1. The molecule has 7 heteroatoms. The lowest BCUT2D eigenvalue weighted by atomic mass is 10.2. The van der Waals surface area contributed by atoms with Crippen LogP contribution in [-0.2, 0) is 17.9 Å². The van der Waals surface area contributed by atoms with Crippen molar-refractivity contribution < 1.29 is 14.3 Å². The van der Waals surface area contributed by atoms with Gasteiger partial charge < -0.3 is 19.8 Å². The highest BCUT2D eigenvalue weighted by atomic mass is 16.5. The standard InChI is InChI=1S/C26H26N4O3/c27-26(31)25-15-20-14-23(33-18-19-4-2-1-3-5-19)8-9-24(20)30(25)22-7-6-21(28-16-22)17-29-10-12-32-13-11-29/h1-9,14-16H,10-13,17-18H2,(H2,27,31). The van der Waals surface area contributed by atoms with Crippen molar-refractivity contribution >= 4 is 16.8 Å². The van der Waals surface area contributed by atoms with Crippen LogP contribution in [0.4, 0.5) is 0 Å². The number of benzene rings is 2. The van der Waals surface area contributed by atoms with Crippen molar-refractivity contribution in [2.45, 2.75) is 13.2 Å². The number of nitrogens with zero attached hydrogens (tertiary/aromatic N) is 3. The van der Waals surface area contributed by atoms with Crippen molar-refractivity contribution in [1.82, 2.24) is 14.5 Å². The van der Waals surface area contributed by atoms with Crippen LogP contribution in [-0.4, -0.2) is 46.7 Å². The van der Waals surface area contributed by atoms with Gasteiger partial charge >= 0.3 is 0 Å². The summed E-state index contributed by atoms with van der Waals surface area (Å²) in [6.45, 7) is 4.59. The van der Waals surface area contributed by atoms with Gasteiger partial charge in [0.05, 0.1) is 36.3 Å². The van der Waals surface area contributed by atoms with Gasteiger partial charge in [0, 0.05) is 25.0 Å². The molecule has 4 aromatic rings. The first-order valence-corrected chi connectivity index (χ1v) is 11.0. The first-order valence-electron chi connectivity index (χ1n) is 11.0. The maximum absolute atomic E-state index is 12.2. The molecule has 2 N–H and O–H groups in total. The minimum atomic E-state index is -0.490. The second-order valence-electron chi connectivity index (χ2n) is 8.12. The Kier molecular flexibility index (Phi) is 6.06. The molecule has 168 valence electrons. The Morgan fingerprint density at radius 1 is 1.03 bits per heavy atom. The van der Waals surface area contributed by atoms with E-state index in [0.717, 1.165) is 66.4 Å². The van der Waals surface area contributed by atoms with Crippen LogP contribution in [0, 0.1) is 0 Å². The highest BCUT2D eigenvalue weighted by Gasteiger charge is 2.17. The summed E-state index contributed by atoms with van der Waals surface area (Å²) in [4.78, 5) is 19.2. The van der Waals surface area contributed by atoms with E-state index in [1.165, 1.54) is 0 Å². The summed E-state index contributed by atoms with van der Waals surface area (Å²) in [5, 5.41) is 0.881. The molecule has 0 unspecified atom stereocenters.